The summed E-state index contributed by atoms with van der Waals surface area (Å²) in [4.78, 5) is 0. The van der Waals surface area contributed by atoms with Crippen LogP contribution in [0.1, 0.15) is 46.0 Å². The summed E-state index contributed by atoms with van der Waals surface area (Å²) in [5.41, 5.74) is 0.196. The van der Waals surface area contributed by atoms with Gasteiger partial charge >= 0.3 is 0 Å². The second kappa shape index (κ2) is 4.02. The molecule has 0 heterocycles. The van der Waals surface area contributed by atoms with E-state index in [0.29, 0.717) is 11.5 Å². The summed E-state index contributed by atoms with van der Waals surface area (Å²) in [5.74, 6) is 0.963. The van der Waals surface area contributed by atoms with Gasteiger partial charge in [-0.15, -0.1) is 11.6 Å². The summed E-state index contributed by atoms with van der Waals surface area (Å²) in [7, 11) is 0. The van der Waals surface area contributed by atoms with E-state index in [4.69, 9.17) is 16.3 Å². The Labute approximate surface area is 92.2 Å². The molecule has 2 saturated carbocycles. The predicted molar refractivity (Wildman–Crippen MR) is 59.7 cm³/mol. The molecule has 82 valence electrons. The molecule has 0 N–H and O–H groups in total. The normalized spacial score (nSPS) is 36.2. The van der Waals surface area contributed by atoms with Crippen LogP contribution in [0.3, 0.4) is 0 Å². The lowest BCUT2D eigenvalue weighted by atomic mass is 9.68. The number of alkyl halides is 1. The minimum absolute atomic E-state index is 0.196. The van der Waals surface area contributed by atoms with Crippen LogP contribution >= 0.6 is 11.6 Å². The maximum atomic E-state index is 6.14. The Kier molecular flexibility index (Phi) is 3.09. The summed E-state index contributed by atoms with van der Waals surface area (Å²) in [6, 6.07) is 0. The third-order valence-corrected chi connectivity index (χ3v) is 4.87. The van der Waals surface area contributed by atoms with Crippen molar-refractivity contribution < 1.29 is 4.74 Å². The summed E-state index contributed by atoms with van der Waals surface area (Å²) >= 11 is 6.14. The van der Waals surface area contributed by atoms with E-state index in [9.17, 15) is 0 Å². The first-order valence-corrected chi connectivity index (χ1v) is 6.30. The Balaban J connectivity index is 1.62. The zero-order valence-electron chi connectivity index (χ0n) is 9.26. The van der Waals surface area contributed by atoms with Crippen molar-refractivity contribution in [1.29, 1.82) is 0 Å². The number of hydrogen-bond donors (Lipinski definition) is 0. The van der Waals surface area contributed by atoms with Crippen LogP contribution in [-0.2, 0) is 4.74 Å². The fraction of sp³-hybridized carbons (Fsp3) is 1.00. The molecular formula is C12H21ClO. The molecule has 0 saturated heterocycles. The summed E-state index contributed by atoms with van der Waals surface area (Å²) in [6.07, 6.45) is 7.00. The Morgan fingerprint density at radius 3 is 2.50 bits per heavy atom. The van der Waals surface area contributed by atoms with Crippen LogP contribution in [0.2, 0.25) is 0 Å². The fourth-order valence-electron chi connectivity index (χ4n) is 2.28. The van der Waals surface area contributed by atoms with Crippen LogP contribution < -0.4 is 0 Å². The molecule has 0 aromatic heterocycles. The fourth-order valence-corrected chi connectivity index (χ4v) is 2.58. The molecular weight excluding hydrogens is 196 g/mol. The van der Waals surface area contributed by atoms with Gasteiger partial charge in [0.25, 0.3) is 0 Å². The van der Waals surface area contributed by atoms with Crippen LogP contribution in [0.4, 0.5) is 0 Å². The predicted octanol–water partition coefficient (Wildman–Crippen LogP) is 3.60. The Bertz CT molecular complexity index is 198. The van der Waals surface area contributed by atoms with Crippen LogP contribution in [0.25, 0.3) is 0 Å². The molecule has 2 aliphatic rings. The van der Waals surface area contributed by atoms with Gasteiger partial charge in [-0.3, -0.25) is 0 Å². The Hall–Kier alpha value is 0.250. The third kappa shape index (κ3) is 1.94. The SMILES string of the molecule is CC1(C)C(Cl)CC1OCCC1CCC1. The van der Waals surface area contributed by atoms with Gasteiger partial charge in [0.15, 0.2) is 0 Å². The van der Waals surface area contributed by atoms with Gasteiger partial charge < -0.3 is 4.74 Å². The molecule has 2 atom stereocenters. The minimum Gasteiger partial charge on any atom is -0.378 e. The van der Waals surface area contributed by atoms with Gasteiger partial charge in [-0.25, -0.2) is 0 Å². The van der Waals surface area contributed by atoms with E-state index < -0.39 is 0 Å². The summed E-state index contributed by atoms with van der Waals surface area (Å²) < 4.78 is 5.89. The third-order valence-electron chi connectivity index (χ3n) is 4.13. The second-order valence-corrected chi connectivity index (χ2v) is 6.00. The van der Waals surface area contributed by atoms with E-state index in [1.165, 1.54) is 25.7 Å². The first-order chi connectivity index (χ1) is 6.60. The molecule has 0 radical (unpaired) electrons. The molecule has 2 aliphatic carbocycles. The van der Waals surface area contributed by atoms with Crippen LogP contribution in [0.5, 0.6) is 0 Å². The molecule has 0 aliphatic heterocycles. The lowest BCUT2D eigenvalue weighted by Gasteiger charge is -2.48. The molecule has 0 spiro atoms. The van der Waals surface area contributed by atoms with Gasteiger partial charge in [-0.1, -0.05) is 33.1 Å². The molecule has 2 rings (SSSR count). The van der Waals surface area contributed by atoms with E-state index in [-0.39, 0.29) is 5.41 Å². The zero-order valence-corrected chi connectivity index (χ0v) is 10.0. The van der Waals surface area contributed by atoms with Crippen molar-refractivity contribution in [2.24, 2.45) is 11.3 Å². The van der Waals surface area contributed by atoms with E-state index in [2.05, 4.69) is 13.8 Å². The lowest BCUT2D eigenvalue weighted by Crippen LogP contribution is -2.51. The van der Waals surface area contributed by atoms with Gasteiger partial charge in [0.05, 0.1) is 6.10 Å². The van der Waals surface area contributed by atoms with E-state index in [1.54, 1.807) is 0 Å². The molecule has 1 nitrogen and oxygen atoms in total. The highest BCUT2D eigenvalue weighted by Crippen LogP contribution is 2.46. The molecule has 0 aromatic rings. The van der Waals surface area contributed by atoms with Crippen molar-refractivity contribution in [1.82, 2.24) is 0 Å². The van der Waals surface area contributed by atoms with E-state index in [0.717, 1.165) is 18.9 Å². The van der Waals surface area contributed by atoms with Crippen molar-refractivity contribution in [3.05, 3.63) is 0 Å². The Morgan fingerprint density at radius 1 is 1.36 bits per heavy atom. The van der Waals surface area contributed by atoms with Crippen LogP contribution in [0, 0.1) is 11.3 Å². The molecule has 2 fully saturated rings. The minimum atomic E-state index is 0.196. The summed E-state index contributed by atoms with van der Waals surface area (Å²) in [6.45, 7) is 5.37. The topological polar surface area (TPSA) is 9.23 Å². The van der Waals surface area contributed by atoms with Crippen LogP contribution in [0.15, 0.2) is 0 Å². The quantitative estimate of drug-likeness (QED) is 0.653. The lowest BCUT2D eigenvalue weighted by molar-refractivity contribution is -0.0930. The Morgan fingerprint density at radius 2 is 2.07 bits per heavy atom. The van der Waals surface area contributed by atoms with Gasteiger partial charge in [-0.2, -0.15) is 0 Å². The first-order valence-electron chi connectivity index (χ1n) is 5.86. The molecule has 0 aromatic carbocycles. The van der Waals surface area contributed by atoms with E-state index >= 15 is 0 Å². The standard InChI is InChI=1S/C12H21ClO/c1-12(2)10(13)8-11(12)14-7-6-9-4-3-5-9/h9-11H,3-8H2,1-2H3. The zero-order chi connectivity index (χ0) is 10.2. The molecule has 2 unspecified atom stereocenters. The first kappa shape index (κ1) is 10.8. The van der Waals surface area contributed by atoms with Crippen LogP contribution in [-0.4, -0.2) is 18.1 Å². The van der Waals surface area contributed by atoms with Gasteiger partial charge in [0, 0.05) is 17.4 Å². The molecule has 0 bridgehead atoms. The number of rotatable bonds is 4. The van der Waals surface area contributed by atoms with Gasteiger partial charge in [0.1, 0.15) is 0 Å². The maximum Gasteiger partial charge on any atom is 0.0654 e. The monoisotopic (exact) mass is 216 g/mol. The van der Waals surface area contributed by atoms with Crippen molar-refractivity contribution in [3.63, 3.8) is 0 Å². The maximum absolute atomic E-state index is 6.14. The number of halogens is 1. The van der Waals surface area contributed by atoms with Crippen molar-refractivity contribution in [2.75, 3.05) is 6.61 Å². The highest BCUT2D eigenvalue weighted by molar-refractivity contribution is 6.21. The summed E-state index contributed by atoms with van der Waals surface area (Å²) in [5, 5.41) is 0.316. The highest BCUT2D eigenvalue weighted by atomic mass is 35.5. The average molecular weight is 217 g/mol. The van der Waals surface area contributed by atoms with Gasteiger partial charge in [0.2, 0.25) is 0 Å². The highest BCUT2D eigenvalue weighted by Gasteiger charge is 2.47. The second-order valence-electron chi connectivity index (χ2n) is 5.47. The van der Waals surface area contributed by atoms with E-state index in [1.807, 2.05) is 0 Å². The number of ether oxygens (including phenoxy) is 1. The molecule has 2 heteroatoms. The van der Waals surface area contributed by atoms with Crippen molar-refractivity contribution in [3.8, 4) is 0 Å². The number of hydrogen-bond acceptors (Lipinski definition) is 1. The smallest absolute Gasteiger partial charge is 0.0654 e. The average Bonchev–Trinajstić information content (AvgIpc) is 2.07. The molecule has 14 heavy (non-hydrogen) atoms. The van der Waals surface area contributed by atoms with Crippen molar-refractivity contribution in [2.45, 2.75) is 57.4 Å². The molecule has 0 amide bonds. The van der Waals surface area contributed by atoms with Crippen molar-refractivity contribution >= 4 is 11.6 Å². The largest absolute Gasteiger partial charge is 0.378 e. The van der Waals surface area contributed by atoms with Gasteiger partial charge in [-0.05, 0) is 18.8 Å².